The number of piperazine rings is 1. The summed E-state index contributed by atoms with van der Waals surface area (Å²) < 4.78 is 0. The Bertz CT molecular complexity index is 240. The average molecular weight is 210 g/mol. The first kappa shape index (κ1) is 11.8. The quantitative estimate of drug-likeness (QED) is 0.582. The Morgan fingerprint density at radius 2 is 2.07 bits per heavy atom. The fourth-order valence-corrected chi connectivity index (χ4v) is 1.60. The van der Waals surface area contributed by atoms with Crippen molar-refractivity contribution in [1.82, 2.24) is 15.1 Å². The summed E-state index contributed by atoms with van der Waals surface area (Å²) in [7, 11) is 0. The van der Waals surface area contributed by atoms with Crippen molar-refractivity contribution in [3.63, 3.8) is 0 Å². The fourth-order valence-electron chi connectivity index (χ4n) is 1.60. The third kappa shape index (κ3) is 3.78. The van der Waals surface area contributed by atoms with Gasteiger partial charge in [0.15, 0.2) is 0 Å². The maximum Gasteiger partial charge on any atom is 0.318 e. The van der Waals surface area contributed by atoms with Gasteiger partial charge in [0.1, 0.15) is 0 Å². The molecule has 1 heterocycles. The summed E-state index contributed by atoms with van der Waals surface area (Å²) in [4.78, 5) is 15.5. The van der Waals surface area contributed by atoms with Crippen molar-refractivity contribution >= 4 is 6.03 Å². The minimum Gasteiger partial charge on any atom is -0.329 e. The predicted molar refractivity (Wildman–Crippen MR) is 59.3 cm³/mol. The van der Waals surface area contributed by atoms with Gasteiger partial charge in [-0.25, -0.2) is 4.79 Å². The zero-order valence-corrected chi connectivity index (χ0v) is 8.91. The third-order valence-electron chi connectivity index (χ3n) is 2.45. The molecule has 0 aromatic carbocycles. The topological polar surface area (TPSA) is 61.6 Å². The lowest BCUT2D eigenvalue weighted by atomic mass is 10.3. The van der Waals surface area contributed by atoms with Crippen molar-refractivity contribution in [3.05, 3.63) is 0 Å². The minimum atomic E-state index is -0.0691. The van der Waals surface area contributed by atoms with E-state index >= 15 is 0 Å². The lowest BCUT2D eigenvalue weighted by Gasteiger charge is -2.34. The van der Waals surface area contributed by atoms with Gasteiger partial charge in [0.2, 0.25) is 0 Å². The highest BCUT2D eigenvalue weighted by Gasteiger charge is 2.19. The van der Waals surface area contributed by atoms with E-state index in [2.05, 4.69) is 16.1 Å². The largest absolute Gasteiger partial charge is 0.329 e. The summed E-state index contributed by atoms with van der Waals surface area (Å²) in [5, 5.41) is 2.66. The van der Waals surface area contributed by atoms with Crippen LogP contribution in [0.4, 0.5) is 4.79 Å². The van der Waals surface area contributed by atoms with E-state index in [9.17, 15) is 4.79 Å². The van der Waals surface area contributed by atoms with Crippen LogP contribution in [0.3, 0.4) is 0 Å². The van der Waals surface area contributed by atoms with Crippen LogP contribution in [-0.4, -0.2) is 61.6 Å². The molecule has 1 aliphatic rings. The first-order chi connectivity index (χ1) is 7.27. The third-order valence-corrected chi connectivity index (χ3v) is 2.45. The summed E-state index contributed by atoms with van der Waals surface area (Å²) in [5.74, 6) is 2.38. The number of urea groups is 1. The SMILES string of the molecule is C#CCNC(=O)N1CCN(CCN)CC1. The van der Waals surface area contributed by atoms with E-state index < -0.39 is 0 Å². The first-order valence-electron chi connectivity index (χ1n) is 5.16. The van der Waals surface area contributed by atoms with Crippen molar-refractivity contribution in [2.24, 2.45) is 5.73 Å². The molecule has 1 saturated heterocycles. The maximum absolute atomic E-state index is 11.5. The molecule has 0 saturated carbocycles. The smallest absolute Gasteiger partial charge is 0.318 e. The molecule has 5 nitrogen and oxygen atoms in total. The van der Waals surface area contributed by atoms with Gasteiger partial charge in [0, 0.05) is 39.3 Å². The van der Waals surface area contributed by atoms with Crippen LogP contribution in [-0.2, 0) is 0 Å². The molecule has 0 aliphatic carbocycles. The number of carbonyl (C=O) groups is 1. The molecule has 0 radical (unpaired) electrons. The van der Waals surface area contributed by atoms with Crippen molar-refractivity contribution in [3.8, 4) is 12.3 Å². The second kappa shape index (κ2) is 6.27. The molecule has 5 heteroatoms. The molecule has 1 fully saturated rings. The number of hydrogen-bond acceptors (Lipinski definition) is 3. The number of amides is 2. The number of carbonyl (C=O) groups excluding carboxylic acids is 1. The number of hydrogen-bond donors (Lipinski definition) is 2. The number of terminal acetylenes is 1. The molecular formula is C10H18N4O. The molecule has 84 valence electrons. The molecule has 3 N–H and O–H groups in total. The van der Waals surface area contributed by atoms with Crippen molar-refractivity contribution < 1.29 is 4.79 Å². The second-order valence-electron chi connectivity index (χ2n) is 3.48. The van der Waals surface area contributed by atoms with Gasteiger partial charge in [-0.15, -0.1) is 6.42 Å². The van der Waals surface area contributed by atoms with Gasteiger partial charge in [0.05, 0.1) is 6.54 Å². The van der Waals surface area contributed by atoms with Crippen molar-refractivity contribution in [2.75, 3.05) is 45.8 Å². The summed E-state index contributed by atoms with van der Waals surface area (Å²) in [5.41, 5.74) is 5.46. The number of nitrogens with one attached hydrogen (secondary N) is 1. The highest BCUT2D eigenvalue weighted by molar-refractivity contribution is 5.74. The molecule has 1 aliphatic heterocycles. The van der Waals surface area contributed by atoms with Crippen LogP contribution in [0.2, 0.25) is 0 Å². The Labute approximate surface area is 90.6 Å². The highest BCUT2D eigenvalue weighted by atomic mass is 16.2. The van der Waals surface area contributed by atoms with Crippen LogP contribution in [0.5, 0.6) is 0 Å². The number of nitrogens with two attached hydrogens (primary N) is 1. The van der Waals surface area contributed by atoms with E-state index in [-0.39, 0.29) is 6.03 Å². The Morgan fingerprint density at radius 1 is 1.40 bits per heavy atom. The summed E-state index contributed by atoms with van der Waals surface area (Å²) in [6.45, 7) is 5.14. The van der Waals surface area contributed by atoms with Crippen LogP contribution >= 0.6 is 0 Å². The second-order valence-corrected chi connectivity index (χ2v) is 3.48. The van der Waals surface area contributed by atoms with E-state index in [1.807, 2.05) is 0 Å². The summed E-state index contributed by atoms with van der Waals surface area (Å²) in [6, 6.07) is -0.0691. The highest BCUT2D eigenvalue weighted by Crippen LogP contribution is 2.00. The molecule has 15 heavy (non-hydrogen) atoms. The normalized spacial score (nSPS) is 17.2. The molecular weight excluding hydrogens is 192 g/mol. The van der Waals surface area contributed by atoms with Crippen molar-refractivity contribution in [1.29, 1.82) is 0 Å². The van der Waals surface area contributed by atoms with Gasteiger partial charge in [-0.1, -0.05) is 5.92 Å². The monoisotopic (exact) mass is 210 g/mol. The zero-order valence-electron chi connectivity index (χ0n) is 8.91. The van der Waals surface area contributed by atoms with Gasteiger partial charge < -0.3 is 16.0 Å². The summed E-state index contributed by atoms with van der Waals surface area (Å²) in [6.07, 6.45) is 5.06. The van der Waals surface area contributed by atoms with Crippen LogP contribution in [0.1, 0.15) is 0 Å². The fraction of sp³-hybridized carbons (Fsp3) is 0.700. The lowest BCUT2D eigenvalue weighted by Crippen LogP contribution is -2.52. The minimum absolute atomic E-state index is 0.0691. The standard InChI is InChI=1S/C10H18N4O/c1-2-4-12-10(15)14-8-6-13(5-3-11)7-9-14/h1H,3-9,11H2,(H,12,15). The molecule has 0 spiro atoms. The van der Waals surface area contributed by atoms with E-state index in [1.54, 1.807) is 4.90 Å². The van der Waals surface area contributed by atoms with E-state index in [0.717, 1.165) is 32.7 Å². The Kier molecular flexibility index (Phi) is 4.95. The average Bonchev–Trinajstić information content (AvgIpc) is 2.27. The molecule has 0 aromatic heterocycles. The number of rotatable bonds is 3. The van der Waals surface area contributed by atoms with Crippen LogP contribution < -0.4 is 11.1 Å². The molecule has 0 unspecified atom stereocenters. The zero-order chi connectivity index (χ0) is 11.1. The van der Waals surface area contributed by atoms with Gasteiger partial charge in [-0.05, 0) is 0 Å². The summed E-state index contributed by atoms with van der Waals surface area (Å²) >= 11 is 0. The van der Waals surface area contributed by atoms with Gasteiger partial charge in [-0.3, -0.25) is 4.90 Å². The van der Waals surface area contributed by atoms with E-state index in [4.69, 9.17) is 12.2 Å². The maximum atomic E-state index is 11.5. The van der Waals surface area contributed by atoms with Crippen molar-refractivity contribution in [2.45, 2.75) is 0 Å². The lowest BCUT2D eigenvalue weighted by molar-refractivity contribution is 0.142. The number of nitrogens with zero attached hydrogens (tertiary/aromatic N) is 2. The van der Waals surface area contributed by atoms with E-state index in [0.29, 0.717) is 13.1 Å². The molecule has 0 aromatic rings. The van der Waals surface area contributed by atoms with Gasteiger partial charge in [0.25, 0.3) is 0 Å². The molecule has 1 rings (SSSR count). The predicted octanol–water partition coefficient (Wildman–Crippen LogP) is -1.09. The first-order valence-corrected chi connectivity index (χ1v) is 5.16. The Balaban J connectivity index is 2.25. The van der Waals surface area contributed by atoms with Gasteiger partial charge in [-0.2, -0.15) is 0 Å². The van der Waals surface area contributed by atoms with Crippen LogP contribution in [0, 0.1) is 12.3 Å². The van der Waals surface area contributed by atoms with Gasteiger partial charge >= 0.3 is 6.03 Å². The molecule has 2 amide bonds. The van der Waals surface area contributed by atoms with E-state index in [1.165, 1.54) is 0 Å². The Morgan fingerprint density at radius 3 is 2.60 bits per heavy atom. The Hall–Kier alpha value is -1.25. The van der Waals surface area contributed by atoms with Crippen LogP contribution in [0.25, 0.3) is 0 Å². The molecule has 0 atom stereocenters. The molecule has 0 bridgehead atoms. The van der Waals surface area contributed by atoms with Crippen LogP contribution in [0.15, 0.2) is 0 Å².